The Balaban J connectivity index is 2.30. The molecule has 78 valence electrons. The lowest BCUT2D eigenvalue weighted by Crippen LogP contribution is -2.40. The molecule has 3 N–H and O–H groups in total. The van der Waals surface area contributed by atoms with E-state index in [9.17, 15) is 13.2 Å². The number of rotatable bonds is 2. The minimum Gasteiger partial charge on any atom is -0.320 e. The molecule has 13 heavy (non-hydrogen) atoms. The van der Waals surface area contributed by atoms with Gasteiger partial charge in [0.1, 0.15) is 6.04 Å². The summed E-state index contributed by atoms with van der Waals surface area (Å²) in [6.45, 7) is 1.63. The standard InChI is InChI=1S/C8H15F3N2/c9-8(10,11)7(12)5-6-1-3-13-4-2-6/h6-7,13H,1-5,12H2. The second-order valence-electron chi connectivity index (χ2n) is 3.58. The summed E-state index contributed by atoms with van der Waals surface area (Å²) in [7, 11) is 0. The van der Waals surface area contributed by atoms with Crippen molar-refractivity contribution in [2.45, 2.75) is 31.5 Å². The van der Waals surface area contributed by atoms with Crippen LogP contribution in [0.5, 0.6) is 0 Å². The second-order valence-corrected chi connectivity index (χ2v) is 3.58. The van der Waals surface area contributed by atoms with Crippen molar-refractivity contribution in [3.63, 3.8) is 0 Å². The summed E-state index contributed by atoms with van der Waals surface area (Å²) in [6, 6.07) is -1.64. The summed E-state index contributed by atoms with van der Waals surface area (Å²) in [5.74, 6) is 0.137. The molecule has 0 aromatic carbocycles. The monoisotopic (exact) mass is 196 g/mol. The first kappa shape index (κ1) is 10.8. The third-order valence-electron chi connectivity index (χ3n) is 2.47. The SMILES string of the molecule is NC(CC1CCNCC1)C(F)(F)F. The third kappa shape index (κ3) is 3.52. The van der Waals surface area contributed by atoms with E-state index in [2.05, 4.69) is 5.32 Å². The zero-order chi connectivity index (χ0) is 9.90. The van der Waals surface area contributed by atoms with E-state index in [1.807, 2.05) is 0 Å². The summed E-state index contributed by atoms with van der Waals surface area (Å²) < 4.78 is 36.2. The first-order valence-corrected chi connectivity index (χ1v) is 4.53. The average molecular weight is 196 g/mol. The average Bonchev–Trinajstić information content (AvgIpc) is 2.04. The number of hydrogen-bond acceptors (Lipinski definition) is 2. The van der Waals surface area contributed by atoms with Crippen molar-refractivity contribution in [2.24, 2.45) is 11.7 Å². The summed E-state index contributed by atoms with van der Waals surface area (Å²) >= 11 is 0. The molecule has 1 aliphatic rings. The minimum absolute atomic E-state index is 0.0746. The van der Waals surface area contributed by atoms with E-state index in [1.54, 1.807) is 0 Å². The number of piperidine rings is 1. The van der Waals surface area contributed by atoms with E-state index in [4.69, 9.17) is 5.73 Å². The van der Waals surface area contributed by atoms with E-state index in [0.29, 0.717) is 0 Å². The largest absolute Gasteiger partial charge is 0.403 e. The summed E-state index contributed by atoms with van der Waals surface area (Å²) in [6.07, 6.45) is -2.54. The minimum atomic E-state index is -4.23. The van der Waals surface area contributed by atoms with Crippen molar-refractivity contribution in [3.8, 4) is 0 Å². The fourth-order valence-electron chi connectivity index (χ4n) is 1.61. The molecule has 0 radical (unpaired) electrons. The van der Waals surface area contributed by atoms with Crippen LogP contribution in [0.3, 0.4) is 0 Å². The van der Waals surface area contributed by atoms with E-state index in [0.717, 1.165) is 25.9 Å². The van der Waals surface area contributed by atoms with Crippen LogP contribution in [-0.4, -0.2) is 25.3 Å². The lowest BCUT2D eigenvalue weighted by molar-refractivity contribution is -0.151. The first-order chi connectivity index (χ1) is 6.00. The first-order valence-electron chi connectivity index (χ1n) is 4.53. The Labute approximate surface area is 75.7 Å². The molecule has 0 aromatic heterocycles. The Morgan fingerprint density at radius 1 is 1.31 bits per heavy atom. The third-order valence-corrected chi connectivity index (χ3v) is 2.47. The van der Waals surface area contributed by atoms with Crippen LogP contribution in [-0.2, 0) is 0 Å². The van der Waals surface area contributed by atoms with Crippen LogP contribution in [0, 0.1) is 5.92 Å². The molecule has 1 rings (SSSR count). The quantitative estimate of drug-likeness (QED) is 0.698. The van der Waals surface area contributed by atoms with Gasteiger partial charge in [0, 0.05) is 0 Å². The van der Waals surface area contributed by atoms with Gasteiger partial charge in [-0.25, -0.2) is 0 Å². The van der Waals surface area contributed by atoms with Gasteiger partial charge in [-0.1, -0.05) is 0 Å². The predicted octanol–water partition coefficient (Wildman–Crippen LogP) is 1.27. The molecule has 0 spiro atoms. The van der Waals surface area contributed by atoms with Gasteiger partial charge in [-0.3, -0.25) is 0 Å². The number of halogens is 3. The zero-order valence-corrected chi connectivity index (χ0v) is 7.40. The van der Waals surface area contributed by atoms with Crippen molar-refractivity contribution in [1.29, 1.82) is 0 Å². The molecular weight excluding hydrogens is 181 g/mol. The Kier molecular flexibility index (Phi) is 3.55. The number of nitrogens with one attached hydrogen (secondary N) is 1. The molecule has 5 heteroatoms. The molecule has 1 unspecified atom stereocenters. The molecule has 1 atom stereocenters. The lowest BCUT2D eigenvalue weighted by Gasteiger charge is -2.26. The highest BCUT2D eigenvalue weighted by Gasteiger charge is 2.37. The Morgan fingerprint density at radius 2 is 1.85 bits per heavy atom. The van der Waals surface area contributed by atoms with Gasteiger partial charge >= 0.3 is 6.18 Å². The highest BCUT2D eigenvalue weighted by atomic mass is 19.4. The van der Waals surface area contributed by atoms with Gasteiger partial charge in [-0.05, 0) is 38.3 Å². The van der Waals surface area contributed by atoms with Crippen molar-refractivity contribution in [1.82, 2.24) is 5.32 Å². The fraction of sp³-hybridized carbons (Fsp3) is 1.00. The molecule has 2 nitrogen and oxygen atoms in total. The Bertz CT molecular complexity index is 152. The van der Waals surface area contributed by atoms with E-state index in [1.165, 1.54) is 0 Å². The second kappa shape index (κ2) is 4.28. The van der Waals surface area contributed by atoms with Crippen LogP contribution in [0.4, 0.5) is 13.2 Å². The molecule has 1 aliphatic heterocycles. The maximum Gasteiger partial charge on any atom is 0.403 e. The molecule has 0 aliphatic carbocycles. The van der Waals surface area contributed by atoms with Gasteiger partial charge < -0.3 is 11.1 Å². The Morgan fingerprint density at radius 3 is 2.31 bits per heavy atom. The van der Waals surface area contributed by atoms with Crippen molar-refractivity contribution in [3.05, 3.63) is 0 Å². The maximum absolute atomic E-state index is 12.1. The van der Waals surface area contributed by atoms with E-state index in [-0.39, 0.29) is 12.3 Å². The van der Waals surface area contributed by atoms with Gasteiger partial charge in [0.2, 0.25) is 0 Å². The van der Waals surface area contributed by atoms with E-state index < -0.39 is 12.2 Å². The molecule has 1 saturated heterocycles. The topological polar surface area (TPSA) is 38.0 Å². The highest BCUT2D eigenvalue weighted by molar-refractivity contribution is 4.77. The summed E-state index contributed by atoms with van der Waals surface area (Å²) in [4.78, 5) is 0. The summed E-state index contributed by atoms with van der Waals surface area (Å²) in [5.41, 5.74) is 5.04. The van der Waals surface area contributed by atoms with Crippen LogP contribution >= 0.6 is 0 Å². The molecule has 0 bridgehead atoms. The van der Waals surface area contributed by atoms with Gasteiger partial charge in [0.15, 0.2) is 0 Å². The van der Waals surface area contributed by atoms with Gasteiger partial charge in [-0.15, -0.1) is 0 Å². The number of hydrogen-bond donors (Lipinski definition) is 2. The van der Waals surface area contributed by atoms with Gasteiger partial charge in [-0.2, -0.15) is 13.2 Å². The van der Waals surface area contributed by atoms with Crippen LogP contribution in [0.25, 0.3) is 0 Å². The maximum atomic E-state index is 12.1. The highest BCUT2D eigenvalue weighted by Crippen LogP contribution is 2.26. The van der Waals surface area contributed by atoms with Crippen LogP contribution in [0.1, 0.15) is 19.3 Å². The lowest BCUT2D eigenvalue weighted by atomic mass is 9.91. The number of nitrogens with two attached hydrogens (primary N) is 1. The molecule has 0 aromatic rings. The zero-order valence-electron chi connectivity index (χ0n) is 7.40. The molecule has 0 saturated carbocycles. The van der Waals surface area contributed by atoms with Crippen LogP contribution < -0.4 is 11.1 Å². The van der Waals surface area contributed by atoms with Crippen LogP contribution in [0.2, 0.25) is 0 Å². The molecule has 0 amide bonds. The normalized spacial score (nSPS) is 23.1. The van der Waals surface area contributed by atoms with Crippen LogP contribution in [0.15, 0.2) is 0 Å². The molecule has 1 heterocycles. The molecule has 1 fully saturated rings. The summed E-state index contributed by atoms with van der Waals surface area (Å²) in [5, 5.41) is 3.10. The van der Waals surface area contributed by atoms with Crippen molar-refractivity contribution < 1.29 is 13.2 Å². The number of alkyl halides is 3. The van der Waals surface area contributed by atoms with Gasteiger partial charge in [0.05, 0.1) is 0 Å². The predicted molar refractivity (Wildman–Crippen MR) is 44.2 cm³/mol. The molecular formula is C8H15F3N2. The van der Waals surface area contributed by atoms with Crippen molar-refractivity contribution in [2.75, 3.05) is 13.1 Å². The van der Waals surface area contributed by atoms with Gasteiger partial charge in [0.25, 0.3) is 0 Å². The van der Waals surface area contributed by atoms with Crippen molar-refractivity contribution >= 4 is 0 Å². The smallest absolute Gasteiger partial charge is 0.320 e. The fourth-order valence-corrected chi connectivity index (χ4v) is 1.61. The van der Waals surface area contributed by atoms with E-state index >= 15 is 0 Å². The Hall–Kier alpha value is -0.290.